The predicted molar refractivity (Wildman–Crippen MR) is 70.8 cm³/mol. The Morgan fingerprint density at radius 1 is 1.10 bits per heavy atom. The number of benzene rings is 1. The lowest BCUT2D eigenvalue weighted by Gasteiger charge is -2.35. The van der Waals surface area contributed by atoms with Crippen LogP contribution < -0.4 is 5.32 Å². The number of hydrogen-bond donors (Lipinski definition) is 1. The molecule has 2 heterocycles. The largest absolute Gasteiger partial charge is 0.416 e. The third-order valence-corrected chi connectivity index (χ3v) is 4.39. The minimum Gasteiger partial charge on any atom is -0.385 e. The lowest BCUT2D eigenvalue weighted by atomic mass is 9.77. The Kier molecular flexibility index (Phi) is 3.63. The first kappa shape index (κ1) is 13.7. The molecule has 0 aromatic heterocycles. The standard InChI is InChI=1S/C15H18F3NO/c16-15(17,18)11-1-2-13-12(3-6-19-14(13)9-11)10-4-7-20-8-5-10/h1-2,9-10,12,19H,3-8H2. The lowest BCUT2D eigenvalue weighted by Crippen LogP contribution is -2.27. The smallest absolute Gasteiger partial charge is 0.385 e. The number of halogens is 3. The molecule has 0 aliphatic carbocycles. The summed E-state index contributed by atoms with van der Waals surface area (Å²) in [5.74, 6) is 0.888. The minimum atomic E-state index is -4.28. The van der Waals surface area contributed by atoms with Crippen molar-refractivity contribution in [2.24, 2.45) is 5.92 Å². The van der Waals surface area contributed by atoms with Gasteiger partial charge >= 0.3 is 6.18 Å². The predicted octanol–water partition coefficient (Wildman–Crippen LogP) is 4.03. The van der Waals surface area contributed by atoms with Crippen LogP contribution in [0.25, 0.3) is 0 Å². The van der Waals surface area contributed by atoms with E-state index in [0.717, 1.165) is 44.6 Å². The summed E-state index contributed by atoms with van der Waals surface area (Å²) in [7, 11) is 0. The van der Waals surface area contributed by atoms with E-state index in [9.17, 15) is 13.2 Å². The van der Waals surface area contributed by atoms with Gasteiger partial charge in [-0.05, 0) is 48.8 Å². The molecule has 3 rings (SSSR count). The third-order valence-electron chi connectivity index (χ3n) is 4.39. The van der Waals surface area contributed by atoms with Crippen LogP contribution in [-0.4, -0.2) is 19.8 Å². The van der Waals surface area contributed by atoms with E-state index < -0.39 is 11.7 Å². The van der Waals surface area contributed by atoms with Gasteiger partial charge in [0.2, 0.25) is 0 Å². The molecule has 0 amide bonds. The van der Waals surface area contributed by atoms with Gasteiger partial charge in [-0.2, -0.15) is 13.2 Å². The Hall–Kier alpha value is -1.23. The zero-order valence-corrected chi connectivity index (χ0v) is 11.2. The molecule has 2 nitrogen and oxygen atoms in total. The molecular weight excluding hydrogens is 267 g/mol. The quantitative estimate of drug-likeness (QED) is 0.841. The summed E-state index contributed by atoms with van der Waals surface area (Å²) in [6.45, 7) is 2.28. The molecule has 1 atom stereocenters. The third kappa shape index (κ3) is 2.64. The summed E-state index contributed by atoms with van der Waals surface area (Å²) >= 11 is 0. The van der Waals surface area contributed by atoms with Gasteiger partial charge in [0.15, 0.2) is 0 Å². The summed E-state index contributed by atoms with van der Waals surface area (Å²) in [4.78, 5) is 0. The summed E-state index contributed by atoms with van der Waals surface area (Å²) in [6.07, 6.45) is -1.28. The molecule has 20 heavy (non-hydrogen) atoms. The van der Waals surface area contributed by atoms with Crippen molar-refractivity contribution in [3.05, 3.63) is 29.3 Å². The van der Waals surface area contributed by atoms with Crippen molar-refractivity contribution in [3.63, 3.8) is 0 Å². The molecular formula is C15H18F3NO. The van der Waals surface area contributed by atoms with E-state index in [0.29, 0.717) is 17.5 Å². The van der Waals surface area contributed by atoms with Gasteiger partial charge in [0, 0.05) is 25.4 Å². The van der Waals surface area contributed by atoms with Crippen LogP contribution in [0.1, 0.15) is 36.3 Å². The second kappa shape index (κ2) is 5.28. The first-order valence-corrected chi connectivity index (χ1v) is 7.08. The summed E-state index contributed by atoms with van der Waals surface area (Å²) in [5.41, 5.74) is 1.12. The number of nitrogens with one attached hydrogen (secondary N) is 1. The molecule has 5 heteroatoms. The van der Waals surface area contributed by atoms with Gasteiger partial charge in [-0.15, -0.1) is 0 Å². The van der Waals surface area contributed by atoms with Gasteiger partial charge in [-0.1, -0.05) is 6.07 Å². The maximum Gasteiger partial charge on any atom is 0.416 e. The highest BCUT2D eigenvalue weighted by molar-refractivity contribution is 5.57. The highest BCUT2D eigenvalue weighted by Gasteiger charge is 2.34. The van der Waals surface area contributed by atoms with E-state index in [1.54, 1.807) is 6.07 Å². The van der Waals surface area contributed by atoms with Gasteiger partial charge in [0.05, 0.1) is 5.56 Å². The van der Waals surface area contributed by atoms with E-state index in [1.165, 1.54) is 12.1 Å². The molecule has 0 radical (unpaired) electrons. The van der Waals surface area contributed by atoms with Crippen molar-refractivity contribution >= 4 is 5.69 Å². The topological polar surface area (TPSA) is 21.3 Å². The zero-order valence-electron chi connectivity index (χ0n) is 11.2. The summed E-state index contributed by atoms with van der Waals surface area (Å²) in [6, 6.07) is 4.11. The molecule has 1 N–H and O–H groups in total. The second-order valence-electron chi connectivity index (χ2n) is 5.57. The fourth-order valence-electron chi connectivity index (χ4n) is 3.33. The number of alkyl halides is 3. The molecule has 1 aromatic carbocycles. The van der Waals surface area contributed by atoms with E-state index >= 15 is 0 Å². The zero-order chi connectivity index (χ0) is 14.2. The van der Waals surface area contributed by atoms with Gasteiger partial charge in [-0.3, -0.25) is 0 Å². The SMILES string of the molecule is FC(F)(F)c1ccc2c(c1)NCCC2C1CCOCC1. The fourth-order valence-corrected chi connectivity index (χ4v) is 3.33. The van der Waals surface area contributed by atoms with Crippen LogP contribution in [-0.2, 0) is 10.9 Å². The normalized spacial score (nSPS) is 24.1. The maximum absolute atomic E-state index is 12.8. The minimum absolute atomic E-state index is 0.359. The van der Waals surface area contributed by atoms with Crippen LogP contribution in [0.3, 0.4) is 0 Å². The fraction of sp³-hybridized carbons (Fsp3) is 0.600. The van der Waals surface area contributed by atoms with Crippen molar-refractivity contribution < 1.29 is 17.9 Å². The molecule has 1 saturated heterocycles. The van der Waals surface area contributed by atoms with Gasteiger partial charge in [0.25, 0.3) is 0 Å². The van der Waals surface area contributed by atoms with Gasteiger partial charge in [-0.25, -0.2) is 0 Å². The van der Waals surface area contributed by atoms with Crippen LogP contribution >= 0.6 is 0 Å². The monoisotopic (exact) mass is 285 g/mol. The van der Waals surface area contributed by atoms with Crippen molar-refractivity contribution in [1.29, 1.82) is 0 Å². The molecule has 2 aliphatic rings. The molecule has 0 saturated carbocycles. The van der Waals surface area contributed by atoms with Crippen molar-refractivity contribution in [2.75, 3.05) is 25.1 Å². The lowest BCUT2D eigenvalue weighted by molar-refractivity contribution is -0.137. The van der Waals surface area contributed by atoms with Crippen LogP contribution in [0.5, 0.6) is 0 Å². The molecule has 110 valence electrons. The Labute approximate surface area is 116 Å². The average Bonchev–Trinajstić information content (AvgIpc) is 2.46. The first-order valence-electron chi connectivity index (χ1n) is 7.08. The molecule has 0 bridgehead atoms. The number of ether oxygens (including phenoxy) is 1. The van der Waals surface area contributed by atoms with Crippen LogP contribution in [0, 0.1) is 5.92 Å². The van der Waals surface area contributed by atoms with E-state index in [2.05, 4.69) is 5.32 Å². The Balaban J connectivity index is 1.89. The Bertz CT molecular complexity index is 480. The number of hydrogen-bond acceptors (Lipinski definition) is 2. The van der Waals surface area contributed by atoms with E-state index in [-0.39, 0.29) is 0 Å². The van der Waals surface area contributed by atoms with Crippen LogP contribution in [0.4, 0.5) is 18.9 Å². The van der Waals surface area contributed by atoms with Gasteiger partial charge in [0.1, 0.15) is 0 Å². The molecule has 1 aromatic rings. The van der Waals surface area contributed by atoms with Gasteiger partial charge < -0.3 is 10.1 Å². The Morgan fingerprint density at radius 3 is 2.55 bits per heavy atom. The van der Waals surface area contributed by atoms with Crippen molar-refractivity contribution in [2.45, 2.75) is 31.4 Å². The van der Waals surface area contributed by atoms with Crippen LogP contribution in [0.15, 0.2) is 18.2 Å². The highest BCUT2D eigenvalue weighted by atomic mass is 19.4. The molecule has 2 aliphatic heterocycles. The number of fused-ring (bicyclic) bond motifs is 1. The summed E-state index contributed by atoms with van der Waals surface area (Å²) in [5, 5.41) is 3.11. The first-order chi connectivity index (χ1) is 9.55. The second-order valence-corrected chi connectivity index (χ2v) is 5.57. The van der Waals surface area contributed by atoms with Crippen molar-refractivity contribution in [1.82, 2.24) is 0 Å². The number of rotatable bonds is 1. The summed E-state index contributed by atoms with van der Waals surface area (Å²) < 4.78 is 43.7. The van der Waals surface area contributed by atoms with E-state index in [4.69, 9.17) is 4.74 Å². The highest BCUT2D eigenvalue weighted by Crippen LogP contribution is 2.42. The van der Waals surface area contributed by atoms with Crippen molar-refractivity contribution in [3.8, 4) is 0 Å². The average molecular weight is 285 g/mol. The molecule has 0 spiro atoms. The number of anilines is 1. The molecule has 1 fully saturated rings. The molecule has 1 unspecified atom stereocenters. The maximum atomic E-state index is 12.8. The van der Waals surface area contributed by atoms with Crippen LogP contribution in [0.2, 0.25) is 0 Å². The van der Waals surface area contributed by atoms with E-state index in [1.807, 2.05) is 0 Å². The Morgan fingerprint density at radius 2 is 1.85 bits per heavy atom.